The number of benzene rings is 2. The van der Waals surface area contributed by atoms with E-state index in [1.54, 1.807) is 12.4 Å². The molecule has 28 heavy (non-hydrogen) atoms. The van der Waals surface area contributed by atoms with Crippen LogP contribution in [0.1, 0.15) is 2.85 Å². The highest BCUT2D eigenvalue weighted by atomic mass is 16.4. The Labute approximate surface area is 162 Å². The van der Waals surface area contributed by atoms with Gasteiger partial charge in [0.1, 0.15) is 0 Å². The van der Waals surface area contributed by atoms with Gasteiger partial charge < -0.3 is 10.2 Å². The van der Waals surface area contributed by atoms with E-state index < -0.39 is 0 Å². The summed E-state index contributed by atoms with van der Waals surface area (Å²) in [7, 11) is 0. The largest absolute Gasteiger partial charge is 0.414 e. The first-order valence-electron chi connectivity index (χ1n) is 8.65. The van der Waals surface area contributed by atoms with Crippen molar-refractivity contribution in [2.24, 2.45) is 0 Å². The Hall–Kier alpha value is -4.13. The molecule has 138 valence electrons. The molecule has 2 aromatic carbocycles. The predicted molar refractivity (Wildman–Crippen MR) is 110 cm³/mol. The van der Waals surface area contributed by atoms with Gasteiger partial charge in [0, 0.05) is 25.6 Å². The predicted octanol–water partition coefficient (Wildman–Crippen LogP) is 4.48. The van der Waals surface area contributed by atoms with Crippen molar-refractivity contribution < 1.29 is 7.27 Å². The third-order valence-electron chi connectivity index (χ3n) is 4.35. The fourth-order valence-corrected chi connectivity index (χ4v) is 2.95. The fourth-order valence-electron chi connectivity index (χ4n) is 2.95. The third-order valence-corrected chi connectivity index (χ3v) is 4.35. The Morgan fingerprint density at radius 2 is 1.68 bits per heavy atom. The van der Waals surface area contributed by atoms with Gasteiger partial charge in [0.2, 0.25) is 5.89 Å². The van der Waals surface area contributed by atoms with Crippen molar-refractivity contribution in [3.05, 3.63) is 73.1 Å². The van der Waals surface area contributed by atoms with E-state index in [9.17, 15) is 0 Å². The van der Waals surface area contributed by atoms with Gasteiger partial charge in [-0.15, -0.1) is 10.2 Å². The summed E-state index contributed by atoms with van der Waals surface area (Å²) < 4.78 is 5.78. The van der Waals surface area contributed by atoms with E-state index in [1.165, 1.54) is 0 Å². The lowest BCUT2D eigenvalue weighted by molar-refractivity contribution is 0.582. The van der Waals surface area contributed by atoms with Crippen molar-refractivity contribution in [3.8, 4) is 34.3 Å². The molecule has 5 aromatic rings. The standard InChI is InChI=1S/C21H14N6O.2H2/c22-19-18(21-27-26-20(28-21)13-5-2-1-3-6-13)25-17(12-24-19)15-8-9-16-14(11-15)7-4-10-23-16;;/h1-12H,(H2,22,24);2*1H. The molecular weight excluding hydrogens is 352 g/mol. The Morgan fingerprint density at radius 3 is 2.57 bits per heavy atom. The molecule has 0 bridgehead atoms. The van der Waals surface area contributed by atoms with E-state index in [0.29, 0.717) is 17.3 Å². The molecule has 0 saturated heterocycles. The molecule has 0 saturated carbocycles. The van der Waals surface area contributed by atoms with E-state index in [1.807, 2.05) is 60.7 Å². The summed E-state index contributed by atoms with van der Waals surface area (Å²) in [5, 5.41) is 9.22. The summed E-state index contributed by atoms with van der Waals surface area (Å²) in [6.45, 7) is 0. The van der Waals surface area contributed by atoms with E-state index in [4.69, 9.17) is 10.2 Å². The van der Waals surface area contributed by atoms with Crippen LogP contribution in [0.5, 0.6) is 0 Å². The molecule has 0 atom stereocenters. The first-order valence-corrected chi connectivity index (χ1v) is 8.65. The van der Waals surface area contributed by atoms with Crippen LogP contribution in [0.15, 0.2) is 77.5 Å². The number of pyridine rings is 1. The summed E-state index contributed by atoms with van der Waals surface area (Å²) in [5.41, 5.74) is 9.69. The smallest absolute Gasteiger partial charge is 0.270 e. The van der Waals surface area contributed by atoms with Crippen LogP contribution in [-0.2, 0) is 0 Å². The zero-order chi connectivity index (χ0) is 18.9. The van der Waals surface area contributed by atoms with Crippen LogP contribution in [0, 0.1) is 0 Å². The summed E-state index contributed by atoms with van der Waals surface area (Å²) >= 11 is 0. The van der Waals surface area contributed by atoms with Gasteiger partial charge in [0.25, 0.3) is 5.89 Å². The average molecular weight is 370 g/mol. The second kappa shape index (κ2) is 6.55. The number of nitrogens with zero attached hydrogens (tertiary/aromatic N) is 5. The Balaban J connectivity index is 0.00000128. The topological polar surface area (TPSA) is 104 Å². The normalized spacial score (nSPS) is 11.0. The molecule has 7 heteroatoms. The van der Waals surface area contributed by atoms with Crippen LogP contribution in [-0.4, -0.2) is 25.1 Å². The fraction of sp³-hybridized carbons (Fsp3) is 0. The summed E-state index contributed by atoms with van der Waals surface area (Å²) in [4.78, 5) is 13.2. The van der Waals surface area contributed by atoms with Crippen molar-refractivity contribution in [1.82, 2.24) is 25.1 Å². The summed E-state index contributed by atoms with van der Waals surface area (Å²) in [6.07, 6.45) is 3.40. The zero-order valence-electron chi connectivity index (χ0n) is 14.6. The van der Waals surface area contributed by atoms with Crippen LogP contribution in [0.3, 0.4) is 0 Å². The molecule has 2 N–H and O–H groups in total. The maximum absolute atomic E-state index is 6.03. The summed E-state index contributed by atoms with van der Waals surface area (Å²) in [5.74, 6) is 0.863. The number of aromatic nitrogens is 5. The molecule has 0 aliphatic rings. The van der Waals surface area contributed by atoms with Crippen LogP contribution in [0.4, 0.5) is 5.82 Å². The molecule has 7 nitrogen and oxygen atoms in total. The number of anilines is 1. The molecule has 0 spiro atoms. The SMILES string of the molecule is Nc1ncc(-c2ccc3ncccc3c2)nc1-c1nnc(-c2ccccc2)o1.[HH].[HH]. The number of rotatable bonds is 3. The number of hydrogen-bond donors (Lipinski definition) is 1. The number of nitrogens with two attached hydrogens (primary N) is 1. The lowest BCUT2D eigenvalue weighted by atomic mass is 10.1. The molecule has 0 aliphatic carbocycles. The van der Waals surface area contributed by atoms with Crippen LogP contribution < -0.4 is 5.73 Å². The lowest BCUT2D eigenvalue weighted by Gasteiger charge is -2.05. The summed E-state index contributed by atoms with van der Waals surface area (Å²) in [6, 6.07) is 19.3. The molecule has 0 radical (unpaired) electrons. The minimum Gasteiger partial charge on any atom is -0.414 e. The monoisotopic (exact) mass is 370 g/mol. The molecule has 0 aliphatic heterocycles. The van der Waals surface area contributed by atoms with Crippen molar-refractivity contribution in [3.63, 3.8) is 0 Å². The Bertz CT molecular complexity index is 1290. The second-order valence-electron chi connectivity index (χ2n) is 6.18. The molecule has 5 rings (SSSR count). The van der Waals surface area contributed by atoms with Crippen molar-refractivity contribution in [2.75, 3.05) is 5.73 Å². The number of fused-ring (bicyclic) bond motifs is 1. The molecule has 0 unspecified atom stereocenters. The first kappa shape index (κ1) is 16.1. The van der Waals surface area contributed by atoms with Gasteiger partial charge in [-0.2, -0.15) is 0 Å². The third kappa shape index (κ3) is 2.84. The van der Waals surface area contributed by atoms with Crippen LogP contribution >= 0.6 is 0 Å². The van der Waals surface area contributed by atoms with Crippen molar-refractivity contribution >= 4 is 16.7 Å². The highest BCUT2D eigenvalue weighted by Crippen LogP contribution is 2.28. The zero-order valence-corrected chi connectivity index (χ0v) is 14.6. The van der Waals surface area contributed by atoms with Gasteiger partial charge >= 0.3 is 0 Å². The highest BCUT2D eigenvalue weighted by molar-refractivity contribution is 5.84. The average Bonchev–Trinajstić information content (AvgIpc) is 3.24. The van der Waals surface area contributed by atoms with Gasteiger partial charge in [-0.1, -0.05) is 30.3 Å². The van der Waals surface area contributed by atoms with Crippen molar-refractivity contribution in [1.29, 1.82) is 0 Å². The molecular formula is C21H18N6O. The van der Waals surface area contributed by atoms with Gasteiger partial charge in [-0.25, -0.2) is 9.97 Å². The van der Waals surface area contributed by atoms with Crippen LogP contribution in [0.25, 0.3) is 45.2 Å². The number of hydrogen-bond acceptors (Lipinski definition) is 7. The van der Waals surface area contributed by atoms with E-state index in [-0.39, 0.29) is 14.6 Å². The van der Waals surface area contributed by atoms with Gasteiger partial charge in [-0.05, 0) is 30.3 Å². The van der Waals surface area contributed by atoms with E-state index >= 15 is 0 Å². The number of nitrogen functional groups attached to an aromatic ring is 1. The maximum atomic E-state index is 6.03. The van der Waals surface area contributed by atoms with E-state index in [0.717, 1.165) is 22.0 Å². The Morgan fingerprint density at radius 1 is 0.821 bits per heavy atom. The second-order valence-corrected chi connectivity index (χ2v) is 6.18. The molecule has 3 aromatic heterocycles. The van der Waals surface area contributed by atoms with Gasteiger partial charge in [0.15, 0.2) is 11.5 Å². The maximum Gasteiger partial charge on any atom is 0.270 e. The van der Waals surface area contributed by atoms with Crippen LogP contribution in [0.2, 0.25) is 0 Å². The van der Waals surface area contributed by atoms with Crippen molar-refractivity contribution in [2.45, 2.75) is 0 Å². The first-order chi connectivity index (χ1) is 13.8. The lowest BCUT2D eigenvalue weighted by Crippen LogP contribution is -1.99. The molecule has 3 heterocycles. The highest BCUT2D eigenvalue weighted by Gasteiger charge is 2.16. The minimum atomic E-state index is 0. The van der Waals surface area contributed by atoms with E-state index in [2.05, 4.69) is 25.1 Å². The quantitative estimate of drug-likeness (QED) is 0.499. The van der Waals surface area contributed by atoms with Gasteiger partial charge in [-0.3, -0.25) is 4.98 Å². The molecule has 0 amide bonds. The van der Waals surface area contributed by atoms with Gasteiger partial charge in [0.05, 0.1) is 17.4 Å². The minimum absolute atomic E-state index is 0. The Kier molecular flexibility index (Phi) is 3.76. The molecule has 0 fully saturated rings.